The maximum absolute atomic E-state index is 12.7. The molecule has 0 saturated heterocycles. The summed E-state index contributed by atoms with van der Waals surface area (Å²) >= 11 is 10.6. The van der Waals surface area contributed by atoms with Crippen LogP contribution in [0.15, 0.2) is 45.3 Å². The molecule has 0 aromatic heterocycles. The lowest BCUT2D eigenvalue weighted by Crippen LogP contribution is -2.30. The Balaban J connectivity index is 2.31. The monoisotopic (exact) mass is 589 g/mol. The van der Waals surface area contributed by atoms with Crippen LogP contribution < -0.4 is 5.32 Å². The minimum atomic E-state index is -0.982. The highest BCUT2D eigenvalue weighted by molar-refractivity contribution is 9.11. The maximum Gasteiger partial charge on any atom is 0.412 e. The lowest BCUT2D eigenvalue weighted by atomic mass is 10.0. The van der Waals surface area contributed by atoms with Crippen molar-refractivity contribution in [2.45, 2.75) is 32.5 Å². The number of benzene rings is 2. The fourth-order valence-corrected chi connectivity index (χ4v) is 4.26. The van der Waals surface area contributed by atoms with Crippen molar-refractivity contribution in [2.24, 2.45) is 0 Å². The number of thiol groups is 1. The molecule has 0 heterocycles. The van der Waals surface area contributed by atoms with Crippen LogP contribution in [-0.2, 0) is 19.0 Å². The predicted octanol–water partition coefficient (Wildman–Crippen LogP) is 5.78. The Kier molecular flexibility index (Phi) is 10.8. The van der Waals surface area contributed by atoms with Gasteiger partial charge in [0.05, 0.1) is 16.8 Å². The van der Waals surface area contributed by atoms with E-state index in [2.05, 4.69) is 49.8 Å². The highest BCUT2D eigenvalue weighted by Gasteiger charge is 2.31. The lowest BCUT2D eigenvalue weighted by molar-refractivity contribution is -0.142. The van der Waals surface area contributed by atoms with Gasteiger partial charge in [0.2, 0.25) is 0 Å². The van der Waals surface area contributed by atoms with Gasteiger partial charge in [-0.15, -0.1) is 0 Å². The Bertz CT molecular complexity index is 925. The molecule has 1 amide bonds. The second-order valence-electron chi connectivity index (χ2n) is 6.80. The molecule has 174 valence electrons. The van der Waals surface area contributed by atoms with E-state index >= 15 is 0 Å². The van der Waals surface area contributed by atoms with Gasteiger partial charge < -0.3 is 19.3 Å². The third-order valence-electron chi connectivity index (χ3n) is 4.41. The van der Waals surface area contributed by atoms with Gasteiger partial charge in [0.1, 0.15) is 11.9 Å². The van der Waals surface area contributed by atoms with Crippen molar-refractivity contribution in [3.8, 4) is 5.75 Å². The van der Waals surface area contributed by atoms with E-state index in [-0.39, 0.29) is 24.5 Å². The number of esters is 1. The first-order valence-corrected chi connectivity index (χ1v) is 12.1. The van der Waals surface area contributed by atoms with E-state index in [0.29, 0.717) is 26.8 Å². The fourth-order valence-electron chi connectivity index (χ4n) is 2.91. The normalized spacial score (nSPS) is 12.7. The first-order valence-electron chi connectivity index (χ1n) is 9.85. The van der Waals surface area contributed by atoms with Gasteiger partial charge in [-0.1, -0.05) is 33.6 Å². The molecule has 0 aliphatic heterocycles. The van der Waals surface area contributed by atoms with E-state index in [9.17, 15) is 14.7 Å². The quantitative estimate of drug-likeness (QED) is 0.240. The third-order valence-corrected chi connectivity index (χ3v) is 5.73. The van der Waals surface area contributed by atoms with Crippen LogP contribution in [0.5, 0.6) is 5.75 Å². The molecular weight excluding hydrogens is 566 g/mol. The number of phenolic OH excluding ortho intramolecular Hbond substituents is 1. The van der Waals surface area contributed by atoms with E-state index in [0.717, 1.165) is 5.56 Å². The number of ether oxygens (including phenoxy) is 3. The molecule has 0 aliphatic rings. The molecule has 0 aliphatic carbocycles. The van der Waals surface area contributed by atoms with Gasteiger partial charge in [-0.3, -0.25) is 10.1 Å². The zero-order valence-electron chi connectivity index (χ0n) is 17.6. The van der Waals surface area contributed by atoms with Crippen molar-refractivity contribution in [3.63, 3.8) is 0 Å². The van der Waals surface area contributed by atoms with Crippen LogP contribution in [0, 0.1) is 6.92 Å². The molecule has 0 bridgehead atoms. The minimum Gasteiger partial charge on any atom is -0.506 e. The second kappa shape index (κ2) is 13.1. The SMILES string of the molecule is CCO[C@@H](CCOC(=O)CS)[C@@H](OC(=O)Nc1ccc(C)cc1)c1cc(Br)cc(Br)c1O. The number of halogens is 2. The molecule has 2 aromatic rings. The zero-order chi connectivity index (χ0) is 23.7. The van der Waals surface area contributed by atoms with Crippen molar-refractivity contribution in [2.75, 3.05) is 24.3 Å². The number of carbonyl (C=O) groups excluding carboxylic acids is 2. The second-order valence-corrected chi connectivity index (χ2v) is 8.89. The summed E-state index contributed by atoms with van der Waals surface area (Å²) in [7, 11) is 0. The minimum absolute atomic E-state index is 0.0411. The summed E-state index contributed by atoms with van der Waals surface area (Å²) < 4.78 is 17.7. The standard InChI is InChI=1S/C22H25Br2NO6S/c1-3-29-18(8-9-30-19(26)12-32)21(16-10-14(23)11-17(24)20(16)27)31-22(28)25-15-6-4-13(2)5-7-15/h4-7,10-11,18,21,27,32H,3,8-9,12H2,1-2H3,(H,25,28)/t18-,21-/m0/s1. The predicted molar refractivity (Wildman–Crippen MR) is 132 cm³/mol. The molecule has 2 atom stereocenters. The summed E-state index contributed by atoms with van der Waals surface area (Å²) in [5.41, 5.74) is 1.96. The van der Waals surface area contributed by atoms with Crippen LogP contribution in [0.4, 0.5) is 10.5 Å². The first-order chi connectivity index (χ1) is 15.2. The highest BCUT2D eigenvalue weighted by atomic mass is 79.9. The summed E-state index contributed by atoms with van der Waals surface area (Å²) in [4.78, 5) is 24.2. The van der Waals surface area contributed by atoms with Gasteiger partial charge in [-0.25, -0.2) is 4.79 Å². The summed E-state index contributed by atoms with van der Waals surface area (Å²) in [5.74, 6) is -0.595. The van der Waals surface area contributed by atoms with Gasteiger partial charge in [-0.05, 0) is 54.0 Å². The van der Waals surface area contributed by atoms with Crippen LogP contribution in [0.1, 0.15) is 30.6 Å². The van der Waals surface area contributed by atoms with Gasteiger partial charge in [0, 0.05) is 28.8 Å². The molecule has 2 N–H and O–H groups in total. The van der Waals surface area contributed by atoms with Crippen LogP contribution in [0.2, 0.25) is 0 Å². The average Bonchev–Trinajstić information content (AvgIpc) is 2.75. The molecule has 0 fully saturated rings. The fraction of sp³-hybridized carbons (Fsp3) is 0.364. The smallest absolute Gasteiger partial charge is 0.412 e. The topological polar surface area (TPSA) is 94.1 Å². The summed E-state index contributed by atoms with van der Waals surface area (Å²) in [6.07, 6.45) is -2.15. The zero-order valence-corrected chi connectivity index (χ0v) is 21.7. The molecular formula is C22H25Br2NO6S. The Hall–Kier alpha value is -1.75. The number of carbonyl (C=O) groups is 2. The largest absolute Gasteiger partial charge is 0.506 e. The number of phenols is 1. The lowest BCUT2D eigenvalue weighted by Gasteiger charge is -2.28. The maximum atomic E-state index is 12.7. The number of amides is 1. The number of aryl methyl sites for hydroxylation is 1. The summed E-state index contributed by atoms with van der Waals surface area (Å²) in [6.45, 7) is 4.10. The van der Waals surface area contributed by atoms with Crippen molar-refractivity contribution in [3.05, 3.63) is 56.5 Å². The number of aromatic hydroxyl groups is 1. The molecule has 2 aromatic carbocycles. The molecule has 32 heavy (non-hydrogen) atoms. The molecule has 7 nitrogen and oxygen atoms in total. The van der Waals surface area contributed by atoms with Crippen molar-refractivity contribution < 1.29 is 28.9 Å². The number of hydrogen-bond acceptors (Lipinski definition) is 7. The molecule has 10 heteroatoms. The van der Waals surface area contributed by atoms with E-state index in [4.69, 9.17) is 14.2 Å². The van der Waals surface area contributed by atoms with Crippen LogP contribution >= 0.6 is 44.5 Å². The van der Waals surface area contributed by atoms with Crippen molar-refractivity contribution in [1.29, 1.82) is 0 Å². The average molecular weight is 591 g/mol. The van der Waals surface area contributed by atoms with Gasteiger partial charge >= 0.3 is 12.1 Å². The highest BCUT2D eigenvalue weighted by Crippen LogP contribution is 2.39. The molecule has 0 saturated carbocycles. The number of rotatable bonds is 10. The van der Waals surface area contributed by atoms with Crippen LogP contribution in [0.25, 0.3) is 0 Å². The Morgan fingerprint density at radius 1 is 1.19 bits per heavy atom. The van der Waals surface area contributed by atoms with E-state index in [1.165, 1.54) is 0 Å². The van der Waals surface area contributed by atoms with Crippen LogP contribution in [-0.4, -0.2) is 42.2 Å². The van der Waals surface area contributed by atoms with E-state index in [1.54, 1.807) is 31.2 Å². The van der Waals surface area contributed by atoms with Gasteiger partial charge in [-0.2, -0.15) is 12.6 Å². The number of hydrogen-bond donors (Lipinski definition) is 3. The summed E-state index contributed by atoms with van der Waals surface area (Å²) in [5, 5.41) is 13.3. The summed E-state index contributed by atoms with van der Waals surface area (Å²) in [6, 6.07) is 10.6. The first kappa shape index (κ1) is 26.5. The molecule has 0 unspecified atom stereocenters. The molecule has 0 radical (unpaired) electrons. The van der Waals surface area contributed by atoms with E-state index < -0.39 is 24.3 Å². The molecule has 2 rings (SSSR count). The van der Waals surface area contributed by atoms with E-state index in [1.807, 2.05) is 19.1 Å². The number of nitrogens with one attached hydrogen (secondary N) is 1. The van der Waals surface area contributed by atoms with Crippen molar-refractivity contribution >= 4 is 62.2 Å². The Morgan fingerprint density at radius 2 is 1.88 bits per heavy atom. The Morgan fingerprint density at radius 3 is 2.50 bits per heavy atom. The third kappa shape index (κ3) is 7.99. The van der Waals surface area contributed by atoms with Gasteiger partial charge in [0.15, 0.2) is 6.10 Å². The Labute approximate surface area is 209 Å². The number of anilines is 1. The van der Waals surface area contributed by atoms with Gasteiger partial charge in [0.25, 0.3) is 0 Å². The molecule has 0 spiro atoms. The van der Waals surface area contributed by atoms with Crippen LogP contribution in [0.3, 0.4) is 0 Å². The van der Waals surface area contributed by atoms with Crippen molar-refractivity contribution in [1.82, 2.24) is 0 Å².